The van der Waals surface area contributed by atoms with E-state index in [1.807, 2.05) is 42.5 Å². The van der Waals surface area contributed by atoms with Gasteiger partial charge in [0, 0.05) is 7.05 Å². The van der Waals surface area contributed by atoms with E-state index in [0.717, 1.165) is 5.56 Å². The van der Waals surface area contributed by atoms with Crippen molar-refractivity contribution in [2.45, 2.75) is 17.3 Å². The van der Waals surface area contributed by atoms with Crippen LogP contribution in [-0.4, -0.2) is 22.1 Å². The first-order valence-electron chi connectivity index (χ1n) is 7.96. The lowest BCUT2D eigenvalue weighted by atomic mass is 10.1. The van der Waals surface area contributed by atoms with Crippen LogP contribution in [0.1, 0.15) is 17.7 Å². The SMILES string of the molecule is CCOC(=O)C(Sc1nc2ccccc2c(=O)n1C)c1ccccc1. The van der Waals surface area contributed by atoms with Gasteiger partial charge < -0.3 is 4.74 Å². The number of carbonyl (C=O) groups is 1. The first-order valence-corrected chi connectivity index (χ1v) is 8.83. The van der Waals surface area contributed by atoms with E-state index < -0.39 is 5.25 Å². The molecule has 0 amide bonds. The van der Waals surface area contributed by atoms with E-state index in [2.05, 4.69) is 4.98 Å². The summed E-state index contributed by atoms with van der Waals surface area (Å²) in [7, 11) is 1.66. The Morgan fingerprint density at radius 1 is 1.16 bits per heavy atom. The van der Waals surface area contributed by atoms with Crippen molar-refractivity contribution in [3.63, 3.8) is 0 Å². The van der Waals surface area contributed by atoms with Crippen LogP contribution >= 0.6 is 11.8 Å². The topological polar surface area (TPSA) is 61.2 Å². The molecule has 3 aromatic rings. The monoisotopic (exact) mass is 354 g/mol. The molecule has 0 bridgehead atoms. The van der Waals surface area contributed by atoms with Crippen LogP contribution in [0.4, 0.5) is 0 Å². The Bertz CT molecular complexity index is 954. The highest BCUT2D eigenvalue weighted by atomic mass is 32.2. The van der Waals surface area contributed by atoms with Crippen molar-refractivity contribution >= 4 is 28.6 Å². The minimum Gasteiger partial charge on any atom is -0.465 e. The fourth-order valence-electron chi connectivity index (χ4n) is 2.51. The molecule has 0 aliphatic heterocycles. The van der Waals surface area contributed by atoms with Gasteiger partial charge in [-0.25, -0.2) is 4.98 Å². The zero-order valence-electron chi connectivity index (χ0n) is 14.0. The molecule has 5 nitrogen and oxygen atoms in total. The Balaban J connectivity index is 2.05. The van der Waals surface area contributed by atoms with Gasteiger partial charge >= 0.3 is 5.97 Å². The summed E-state index contributed by atoms with van der Waals surface area (Å²) in [5.41, 5.74) is 1.29. The molecule has 0 aliphatic rings. The summed E-state index contributed by atoms with van der Waals surface area (Å²) >= 11 is 1.22. The number of rotatable bonds is 5. The molecule has 25 heavy (non-hydrogen) atoms. The predicted molar refractivity (Wildman–Crippen MR) is 98.7 cm³/mol. The third-order valence-corrected chi connectivity index (χ3v) is 5.04. The molecule has 1 heterocycles. The van der Waals surface area contributed by atoms with Gasteiger partial charge in [0.15, 0.2) is 5.16 Å². The third kappa shape index (κ3) is 3.58. The highest BCUT2D eigenvalue weighted by Gasteiger charge is 2.25. The molecule has 1 atom stereocenters. The molecule has 1 aromatic heterocycles. The largest absolute Gasteiger partial charge is 0.465 e. The first-order chi connectivity index (χ1) is 12.1. The highest BCUT2D eigenvalue weighted by molar-refractivity contribution is 8.00. The lowest BCUT2D eigenvalue weighted by Gasteiger charge is -2.17. The maximum absolute atomic E-state index is 12.6. The number of thioether (sulfide) groups is 1. The van der Waals surface area contributed by atoms with Crippen LogP contribution in [0.25, 0.3) is 10.9 Å². The van der Waals surface area contributed by atoms with Crippen LogP contribution in [0.3, 0.4) is 0 Å². The Kier molecular flexibility index (Phi) is 5.19. The van der Waals surface area contributed by atoms with E-state index in [0.29, 0.717) is 22.7 Å². The van der Waals surface area contributed by atoms with Gasteiger partial charge in [0.2, 0.25) is 0 Å². The molecule has 0 fully saturated rings. The lowest BCUT2D eigenvalue weighted by Crippen LogP contribution is -2.21. The molecule has 0 aliphatic carbocycles. The second-order valence-corrected chi connectivity index (χ2v) is 6.51. The van der Waals surface area contributed by atoms with Gasteiger partial charge in [0.1, 0.15) is 5.25 Å². The molecule has 1 unspecified atom stereocenters. The maximum atomic E-state index is 12.6. The number of para-hydroxylation sites is 1. The summed E-state index contributed by atoms with van der Waals surface area (Å²) in [5.74, 6) is -0.346. The number of benzene rings is 2. The van der Waals surface area contributed by atoms with E-state index >= 15 is 0 Å². The van der Waals surface area contributed by atoms with E-state index in [-0.39, 0.29) is 11.5 Å². The normalized spacial score (nSPS) is 12.1. The number of esters is 1. The Hall–Kier alpha value is -2.60. The molecule has 0 saturated carbocycles. The number of hydrogen-bond donors (Lipinski definition) is 0. The molecule has 3 rings (SSSR count). The van der Waals surface area contributed by atoms with Crippen molar-refractivity contribution in [2.24, 2.45) is 7.05 Å². The number of aromatic nitrogens is 2. The van der Waals surface area contributed by atoms with Gasteiger partial charge in [-0.1, -0.05) is 54.2 Å². The predicted octanol–water partition coefficient (Wildman–Crippen LogP) is 3.33. The Morgan fingerprint density at radius 2 is 1.84 bits per heavy atom. The second kappa shape index (κ2) is 7.53. The Morgan fingerprint density at radius 3 is 2.56 bits per heavy atom. The van der Waals surface area contributed by atoms with Gasteiger partial charge in [0.05, 0.1) is 17.5 Å². The van der Waals surface area contributed by atoms with E-state index in [4.69, 9.17) is 4.74 Å². The molecular formula is C19H18N2O3S. The highest BCUT2D eigenvalue weighted by Crippen LogP contribution is 2.35. The third-order valence-electron chi connectivity index (χ3n) is 3.77. The smallest absolute Gasteiger partial charge is 0.324 e. The molecule has 0 radical (unpaired) electrons. The molecular weight excluding hydrogens is 336 g/mol. The fourth-order valence-corrected chi connectivity index (χ4v) is 3.57. The number of hydrogen-bond acceptors (Lipinski definition) is 5. The minimum absolute atomic E-state index is 0.135. The summed E-state index contributed by atoms with van der Waals surface area (Å²) in [6.07, 6.45) is 0. The molecule has 6 heteroatoms. The molecule has 0 N–H and O–H groups in total. The quantitative estimate of drug-likeness (QED) is 0.400. The minimum atomic E-state index is -0.583. The summed E-state index contributed by atoms with van der Waals surface area (Å²) < 4.78 is 6.69. The fraction of sp³-hybridized carbons (Fsp3) is 0.211. The van der Waals surface area contributed by atoms with Gasteiger partial charge in [-0.15, -0.1) is 0 Å². The lowest BCUT2D eigenvalue weighted by molar-refractivity contribution is -0.142. The summed E-state index contributed by atoms with van der Waals surface area (Å²) in [5, 5.41) is 0.452. The second-order valence-electron chi connectivity index (χ2n) is 5.44. The number of nitrogens with zero attached hydrogens (tertiary/aromatic N) is 2. The van der Waals surface area contributed by atoms with Crippen molar-refractivity contribution in [3.8, 4) is 0 Å². The van der Waals surface area contributed by atoms with E-state index in [1.165, 1.54) is 16.3 Å². The average Bonchev–Trinajstić information content (AvgIpc) is 2.64. The Labute approximate surface area is 149 Å². The van der Waals surface area contributed by atoms with Crippen molar-refractivity contribution in [3.05, 3.63) is 70.5 Å². The average molecular weight is 354 g/mol. The zero-order chi connectivity index (χ0) is 17.8. The standard InChI is InChI=1S/C19H18N2O3S/c1-3-24-18(23)16(13-9-5-4-6-10-13)25-19-20-15-12-8-7-11-14(15)17(22)21(19)2/h4-12,16H,3H2,1-2H3. The van der Waals surface area contributed by atoms with Crippen LogP contribution in [0.2, 0.25) is 0 Å². The molecule has 0 spiro atoms. The zero-order valence-corrected chi connectivity index (χ0v) is 14.8. The van der Waals surface area contributed by atoms with Crippen LogP contribution in [0.5, 0.6) is 0 Å². The van der Waals surface area contributed by atoms with E-state index in [1.54, 1.807) is 26.1 Å². The number of ether oxygens (including phenoxy) is 1. The molecule has 128 valence electrons. The van der Waals surface area contributed by atoms with Crippen LogP contribution in [-0.2, 0) is 16.6 Å². The van der Waals surface area contributed by atoms with Gasteiger partial charge in [-0.05, 0) is 24.6 Å². The maximum Gasteiger partial charge on any atom is 0.324 e. The van der Waals surface area contributed by atoms with Gasteiger partial charge in [-0.2, -0.15) is 0 Å². The summed E-state index contributed by atoms with van der Waals surface area (Å²) in [6.45, 7) is 2.07. The first kappa shape index (κ1) is 17.2. The number of fused-ring (bicyclic) bond motifs is 1. The van der Waals surface area contributed by atoms with Crippen molar-refractivity contribution in [1.29, 1.82) is 0 Å². The van der Waals surface area contributed by atoms with Gasteiger partial charge in [0.25, 0.3) is 5.56 Å². The van der Waals surface area contributed by atoms with Crippen LogP contribution < -0.4 is 5.56 Å². The summed E-state index contributed by atoms with van der Waals surface area (Å²) in [6, 6.07) is 16.6. The van der Waals surface area contributed by atoms with Crippen molar-refractivity contribution in [2.75, 3.05) is 6.61 Å². The number of carbonyl (C=O) groups excluding carboxylic acids is 1. The molecule has 0 saturated heterocycles. The van der Waals surface area contributed by atoms with Crippen LogP contribution in [0, 0.1) is 0 Å². The summed E-state index contributed by atoms with van der Waals surface area (Å²) in [4.78, 5) is 29.6. The van der Waals surface area contributed by atoms with Crippen molar-refractivity contribution < 1.29 is 9.53 Å². The van der Waals surface area contributed by atoms with Crippen molar-refractivity contribution in [1.82, 2.24) is 9.55 Å². The molecule has 2 aromatic carbocycles. The van der Waals surface area contributed by atoms with Crippen LogP contribution in [0.15, 0.2) is 64.5 Å². The van der Waals surface area contributed by atoms with E-state index in [9.17, 15) is 9.59 Å². The van der Waals surface area contributed by atoms with Gasteiger partial charge in [-0.3, -0.25) is 14.2 Å².